The minimum absolute atomic E-state index is 0.285. The molecular weight excluding hydrogens is 259 g/mol. The zero-order valence-corrected chi connectivity index (χ0v) is 11.5. The molecule has 16 heavy (non-hydrogen) atoms. The number of rotatable bonds is 4. The van der Waals surface area contributed by atoms with E-state index in [9.17, 15) is 0 Å². The van der Waals surface area contributed by atoms with Gasteiger partial charge in [0.05, 0.1) is 0 Å². The van der Waals surface area contributed by atoms with Crippen molar-refractivity contribution in [1.29, 1.82) is 0 Å². The van der Waals surface area contributed by atoms with Gasteiger partial charge in [0.25, 0.3) is 0 Å². The van der Waals surface area contributed by atoms with Crippen molar-refractivity contribution in [2.75, 3.05) is 0 Å². The standard InChI is InChI=1S/C15H22Se/c1-15(11-5-6-13-16-15)12-7-10-14-8-3-2-4-9-14/h2-4,8-9H,5-7,10-13H2,1H3/i1D3. The Morgan fingerprint density at radius 1 is 1.31 bits per heavy atom. The van der Waals surface area contributed by atoms with Gasteiger partial charge in [-0.1, -0.05) is 0 Å². The fraction of sp³-hybridized carbons (Fsp3) is 0.600. The van der Waals surface area contributed by atoms with Gasteiger partial charge in [-0.05, 0) is 0 Å². The van der Waals surface area contributed by atoms with E-state index in [1.54, 1.807) is 0 Å². The van der Waals surface area contributed by atoms with Crippen LogP contribution in [-0.2, 0) is 6.42 Å². The second kappa shape index (κ2) is 5.89. The van der Waals surface area contributed by atoms with E-state index in [2.05, 4.69) is 24.3 Å². The molecule has 1 heterocycles. The molecule has 0 bridgehead atoms. The molecule has 1 atom stereocenters. The van der Waals surface area contributed by atoms with Crippen molar-refractivity contribution >= 4 is 15.0 Å². The third-order valence-electron chi connectivity index (χ3n) is 3.24. The first-order chi connectivity index (χ1) is 9.04. The van der Waals surface area contributed by atoms with Gasteiger partial charge in [-0.3, -0.25) is 0 Å². The second-order valence-electron chi connectivity index (χ2n) is 4.64. The molecule has 0 radical (unpaired) electrons. The van der Waals surface area contributed by atoms with E-state index in [1.165, 1.54) is 12.0 Å². The van der Waals surface area contributed by atoms with Crippen molar-refractivity contribution in [2.24, 2.45) is 0 Å². The molecule has 0 saturated carbocycles. The van der Waals surface area contributed by atoms with Gasteiger partial charge in [0.15, 0.2) is 0 Å². The van der Waals surface area contributed by atoms with Gasteiger partial charge < -0.3 is 0 Å². The molecule has 0 aromatic heterocycles. The van der Waals surface area contributed by atoms with E-state index in [0.29, 0.717) is 0 Å². The maximum atomic E-state index is 7.91. The molecule has 0 aliphatic carbocycles. The zero-order valence-electron chi connectivity index (χ0n) is 12.7. The van der Waals surface area contributed by atoms with Crippen LogP contribution in [0.5, 0.6) is 0 Å². The maximum absolute atomic E-state index is 7.91. The molecular formula is C15H22Se. The van der Waals surface area contributed by atoms with Crippen molar-refractivity contribution < 1.29 is 4.11 Å². The summed E-state index contributed by atoms with van der Waals surface area (Å²) in [6, 6.07) is 10.4. The molecule has 1 heteroatoms. The summed E-state index contributed by atoms with van der Waals surface area (Å²) in [4.78, 5) is 0. The van der Waals surface area contributed by atoms with Crippen molar-refractivity contribution in [2.45, 2.75) is 55.0 Å². The van der Waals surface area contributed by atoms with Gasteiger partial charge in [-0.2, -0.15) is 0 Å². The first-order valence-electron chi connectivity index (χ1n) is 7.71. The number of benzene rings is 1. The van der Waals surface area contributed by atoms with Crippen molar-refractivity contribution in [3.63, 3.8) is 0 Å². The van der Waals surface area contributed by atoms with E-state index in [-0.39, 0.29) is 19.3 Å². The van der Waals surface area contributed by atoms with E-state index in [1.807, 2.05) is 6.07 Å². The fourth-order valence-corrected chi connectivity index (χ4v) is 5.03. The van der Waals surface area contributed by atoms with Gasteiger partial charge in [-0.25, -0.2) is 0 Å². The molecule has 1 saturated heterocycles. The van der Waals surface area contributed by atoms with E-state index >= 15 is 0 Å². The van der Waals surface area contributed by atoms with Gasteiger partial charge in [0.2, 0.25) is 0 Å². The Labute approximate surface area is 110 Å². The predicted octanol–water partition coefficient (Wildman–Crippen LogP) is 4.49. The van der Waals surface area contributed by atoms with Crippen molar-refractivity contribution in [3.05, 3.63) is 35.9 Å². The zero-order chi connectivity index (χ0) is 13.8. The third-order valence-corrected chi connectivity index (χ3v) is 6.29. The normalized spacial score (nSPS) is 29.1. The summed E-state index contributed by atoms with van der Waals surface area (Å²) >= 11 is 0.285. The third kappa shape index (κ3) is 3.64. The van der Waals surface area contributed by atoms with Crippen LogP contribution in [0.25, 0.3) is 0 Å². The number of hydrogen-bond donors (Lipinski definition) is 0. The summed E-state index contributed by atoms with van der Waals surface area (Å²) in [6.45, 7) is -1.76. The van der Waals surface area contributed by atoms with Gasteiger partial charge in [-0.15, -0.1) is 0 Å². The molecule has 0 spiro atoms. The van der Waals surface area contributed by atoms with Crippen LogP contribution in [0, 0.1) is 0 Å². The molecule has 1 aliphatic rings. The Kier molecular flexibility index (Phi) is 3.23. The topological polar surface area (TPSA) is 0 Å². The summed E-state index contributed by atoms with van der Waals surface area (Å²) in [5.74, 6) is 0. The van der Waals surface area contributed by atoms with Crippen LogP contribution in [0.2, 0.25) is 9.63 Å². The molecule has 1 unspecified atom stereocenters. The number of hydrogen-bond acceptors (Lipinski definition) is 0. The van der Waals surface area contributed by atoms with Gasteiger partial charge in [0.1, 0.15) is 0 Å². The molecule has 0 nitrogen and oxygen atoms in total. The Morgan fingerprint density at radius 2 is 2.19 bits per heavy atom. The summed E-state index contributed by atoms with van der Waals surface area (Å²) in [5, 5.41) is 1.15. The van der Waals surface area contributed by atoms with Crippen LogP contribution in [0.15, 0.2) is 30.3 Å². The monoisotopic (exact) mass is 285 g/mol. The first kappa shape index (κ1) is 8.78. The van der Waals surface area contributed by atoms with Crippen LogP contribution in [-0.4, -0.2) is 15.0 Å². The predicted molar refractivity (Wildman–Crippen MR) is 72.2 cm³/mol. The van der Waals surface area contributed by atoms with Crippen LogP contribution < -0.4 is 0 Å². The van der Waals surface area contributed by atoms with Crippen LogP contribution in [0.1, 0.15) is 48.6 Å². The van der Waals surface area contributed by atoms with E-state index in [4.69, 9.17) is 4.11 Å². The molecule has 1 aromatic rings. The second-order valence-corrected chi connectivity index (χ2v) is 7.74. The molecule has 1 aliphatic heterocycles. The summed E-state index contributed by atoms with van der Waals surface area (Å²) in [7, 11) is 0. The van der Waals surface area contributed by atoms with Crippen molar-refractivity contribution in [1.82, 2.24) is 0 Å². The SMILES string of the molecule is [2H]C([2H])([2H])C1(CCCc2ccccc2)CCCC[Se]1. The summed E-state index contributed by atoms with van der Waals surface area (Å²) in [6.07, 6.45) is 6.14. The van der Waals surface area contributed by atoms with Crippen LogP contribution in [0.4, 0.5) is 0 Å². The average Bonchev–Trinajstić information content (AvgIpc) is 2.40. The molecule has 2 rings (SSSR count). The molecule has 1 aromatic carbocycles. The Balaban J connectivity index is 1.94. The van der Waals surface area contributed by atoms with Crippen molar-refractivity contribution in [3.8, 4) is 0 Å². The average molecular weight is 284 g/mol. The van der Waals surface area contributed by atoms with Crippen LogP contribution >= 0.6 is 0 Å². The van der Waals surface area contributed by atoms with E-state index < -0.39 is 6.85 Å². The Bertz CT molecular complexity index is 380. The van der Waals surface area contributed by atoms with E-state index in [0.717, 1.165) is 37.4 Å². The summed E-state index contributed by atoms with van der Waals surface area (Å²) < 4.78 is 23.4. The van der Waals surface area contributed by atoms with Gasteiger partial charge >= 0.3 is 110 Å². The van der Waals surface area contributed by atoms with Gasteiger partial charge in [0, 0.05) is 0 Å². The quantitative estimate of drug-likeness (QED) is 0.714. The Hall–Kier alpha value is -0.261. The Morgan fingerprint density at radius 3 is 2.88 bits per heavy atom. The first-order valence-corrected chi connectivity index (χ1v) is 8.28. The molecule has 0 N–H and O–H groups in total. The molecule has 1 fully saturated rings. The molecule has 0 amide bonds. The number of aryl methyl sites for hydroxylation is 1. The minimum atomic E-state index is -1.76. The molecule has 88 valence electrons. The summed E-state index contributed by atoms with van der Waals surface area (Å²) in [5.41, 5.74) is 1.33. The van der Waals surface area contributed by atoms with Crippen LogP contribution in [0.3, 0.4) is 0 Å². The fourth-order valence-electron chi connectivity index (χ4n) is 2.27.